The van der Waals surface area contributed by atoms with Crippen molar-refractivity contribution in [2.75, 3.05) is 7.05 Å². The van der Waals surface area contributed by atoms with Gasteiger partial charge >= 0.3 is 0 Å². The Hall–Kier alpha value is -0.860. The number of benzene rings is 1. The van der Waals surface area contributed by atoms with Crippen LogP contribution in [0.15, 0.2) is 30.3 Å². The summed E-state index contributed by atoms with van der Waals surface area (Å²) in [6, 6.07) is 11.0. The monoisotopic (exact) mass is 219 g/mol. The van der Waals surface area contributed by atoms with Crippen molar-refractivity contribution in [1.82, 2.24) is 5.32 Å². The van der Waals surface area contributed by atoms with E-state index in [1.54, 1.807) is 0 Å². The van der Waals surface area contributed by atoms with Crippen molar-refractivity contribution in [2.45, 2.75) is 44.4 Å². The van der Waals surface area contributed by atoms with Gasteiger partial charge in [0.2, 0.25) is 0 Å². The van der Waals surface area contributed by atoms with Crippen LogP contribution in [0.4, 0.5) is 0 Å². The van der Waals surface area contributed by atoms with E-state index in [2.05, 4.69) is 36.5 Å². The average molecular weight is 219 g/mol. The van der Waals surface area contributed by atoms with Gasteiger partial charge in [-0.3, -0.25) is 0 Å². The SMILES string of the molecule is CNC1CCCC1OC(C)c1ccccc1. The van der Waals surface area contributed by atoms with E-state index in [0.29, 0.717) is 12.1 Å². The molecule has 16 heavy (non-hydrogen) atoms. The maximum absolute atomic E-state index is 6.14. The Balaban J connectivity index is 1.94. The molecule has 2 nitrogen and oxygen atoms in total. The quantitative estimate of drug-likeness (QED) is 0.840. The van der Waals surface area contributed by atoms with E-state index >= 15 is 0 Å². The molecule has 1 aromatic carbocycles. The fourth-order valence-corrected chi connectivity index (χ4v) is 2.48. The van der Waals surface area contributed by atoms with E-state index in [4.69, 9.17) is 4.74 Å². The fraction of sp³-hybridized carbons (Fsp3) is 0.571. The molecule has 0 aliphatic heterocycles. The second-order valence-corrected chi connectivity index (χ2v) is 4.55. The highest BCUT2D eigenvalue weighted by atomic mass is 16.5. The van der Waals surface area contributed by atoms with Gasteiger partial charge < -0.3 is 10.1 Å². The number of hydrogen-bond acceptors (Lipinski definition) is 2. The minimum absolute atomic E-state index is 0.195. The third kappa shape index (κ3) is 2.63. The van der Waals surface area contributed by atoms with Crippen molar-refractivity contribution in [2.24, 2.45) is 0 Å². The van der Waals surface area contributed by atoms with Crippen LogP contribution in [-0.4, -0.2) is 19.2 Å². The lowest BCUT2D eigenvalue weighted by molar-refractivity contribution is -0.0120. The second kappa shape index (κ2) is 5.46. The molecule has 1 saturated carbocycles. The smallest absolute Gasteiger partial charge is 0.0801 e. The molecule has 1 aliphatic rings. The Morgan fingerprint density at radius 1 is 1.25 bits per heavy atom. The molecule has 3 unspecified atom stereocenters. The molecule has 1 aliphatic carbocycles. The minimum Gasteiger partial charge on any atom is -0.369 e. The van der Waals surface area contributed by atoms with E-state index in [-0.39, 0.29) is 6.10 Å². The molecule has 2 heteroatoms. The molecule has 0 heterocycles. The van der Waals surface area contributed by atoms with Gasteiger partial charge in [0.1, 0.15) is 0 Å². The molecule has 3 atom stereocenters. The summed E-state index contributed by atoms with van der Waals surface area (Å²) in [5.74, 6) is 0. The third-order valence-corrected chi connectivity index (χ3v) is 3.47. The molecule has 0 aromatic heterocycles. The van der Waals surface area contributed by atoms with Crippen molar-refractivity contribution < 1.29 is 4.74 Å². The van der Waals surface area contributed by atoms with Crippen molar-refractivity contribution in [3.8, 4) is 0 Å². The van der Waals surface area contributed by atoms with Crippen molar-refractivity contribution in [3.05, 3.63) is 35.9 Å². The summed E-state index contributed by atoms with van der Waals surface area (Å²) in [5, 5.41) is 3.35. The van der Waals surface area contributed by atoms with Crippen LogP contribution in [0.3, 0.4) is 0 Å². The highest BCUT2D eigenvalue weighted by Crippen LogP contribution is 2.27. The van der Waals surface area contributed by atoms with Crippen LogP contribution in [0, 0.1) is 0 Å². The van der Waals surface area contributed by atoms with Crippen molar-refractivity contribution in [3.63, 3.8) is 0 Å². The summed E-state index contributed by atoms with van der Waals surface area (Å²) >= 11 is 0. The van der Waals surface area contributed by atoms with Gasteiger partial charge in [-0.2, -0.15) is 0 Å². The summed E-state index contributed by atoms with van der Waals surface area (Å²) in [6.07, 6.45) is 4.27. The van der Waals surface area contributed by atoms with E-state index < -0.39 is 0 Å². The maximum Gasteiger partial charge on any atom is 0.0801 e. The standard InChI is InChI=1S/C14H21NO/c1-11(12-7-4-3-5-8-12)16-14-10-6-9-13(14)15-2/h3-5,7-8,11,13-15H,6,9-10H2,1-2H3. The Labute approximate surface area is 98.0 Å². The molecule has 0 saturated heterocycles. The lowest BCUT2D eigenvalue weighted by atomic mass is 10.1. The molecule has 2 rings (SSSR count). The minimum atomic E-state index is 0.195. The predicted molar refractivity (Wildman–Crippen MR) is 66.4 cm³/mol. The zero-order valence-electron chi connectivity index (χ0n) is 10.1. The van der Waals surface area contributed by atoms with Crippen LogP contribution in [0.1, 0.15) is 37.9 Å². The van der Waals surface area contributed by atoms with E-state index in [9.17, 15) is 0 Å². The van der Waals surface area contributed by atoms with Crippen LogP contribution < -0.4 is 5.32 Å². The Morgan fingerprint density at radius 2 is 2.00 bits per heavy atom. The van der Waals surface area contributed by atoms with Gasteiger partial charge in [-0.05, 0) is 38.8 Å². The summed E-state index contributed by atoms with van der Waals surface area (Å²) in [5.41, 5.74) is 1.27. The molecular formula is C14H21NO. The predicted octanol–water partition coefficient (Wildman–Crippen LogP) is 2.90. The van der Waals surface area contributed by atoms with Crippen LogP contribution in [0.2, 0.25) is 0 Å². The van der Waals surface area contributed by atoms with Gasteiger partial charge in [0, 0.05) is 6.04 Å². The van der Waals surface area contributed by atoms with Gasteiger partial charge in [0.15, 0.2) is 0 Å². The van der Waals surface area contributed by atoms with Crippen molar-refractivity contribution >= 4 is 0 Å². The van der Waals surface area contributed by atoms with Crippen LogP contribution >= 0.6 is 0 Å². The number of ether oxygens (including phenoxy) is 1. The first kappa shape index (κ1) is 11.6. The number of rotatable bonds is 4. The van der Waals surface area contributed by atoms with E-state index in [0.717, 1.165) is 0 Å². The van der Waals surface area contributed by atoms with Gasteiger partial charge in [-0.1, -0.05) is 30.3 Å². The first-order valence-electron chi connectivity index (χ1n) is 6.19. The third-order valence-electron chi connectivity index (χ3n) is 3.47. The highest BCUT2D eigenvalue weighted by molar-refractivity contribution is 5.16. The number of hydrogen-bond donors (Lipinski definition) is 1. The normalized spacial score (nSPS) is 26.9. The number of nitrogens with one attached hydrogen (secondary N) is 1. The summed E-state index contributed by atoms with van der Waals surface area (Å²) < 4.78 is 6.14. The van der Waals surface area contributed by atoms with Crippen molar-refractivity contribution in [1.29, 1.82) is 0 Å². The maximum atomic E-state index is 6.14. The topological polar surface area (TPSA) is 21.3 Å². The summed E-state index contributed by atoms with van der Waals surface area (Å²) in [7, 11) is 2.03. The van der Waals surface area contributed by atoms with Gasteiger partial charge in [0.25, 0.3) is 0 Å². The molecular weight excluding hydrogens is 198 g/mol. The summed E-state index contributed by atoms with van der Waals surface area (Å²) in [4.78, 5) is 0. The zero-order valence-corrected chi connectivity index (χ0v) is 10.1. The molecule has 0 amide bonds. The molecule has 1 aromatic rings. The summed E-state index contributed by atoms with van der Waals surface area (Å²) in [6.45, 7) is 2.14. The first-order chi connectivity index (χ1) is 7.81. The molecule has 1 fully saturated rings. The average Bonchev–Trinajstić information content (AvgIpc) is 2.77. The van der Waals surface area contributed by atoms with E-state index in [1.807, 2.05) is 13.1 Å². The van der Waals surface area contributed by atoms with Gasteiger partial charge in [-0.15, -0.1) is 0 Å². The van der Waals surface area contributed by atoms with Crippen LogP contribution in [-0.2, 0) is 4.74 Å². The second-order valence-electron chi connectivity index (χ2n) is 4.55. The number of likely N-dealkylation sites (N-methyl/N-ethyl adjacent to an activating group) is 1. The lowest BCUT2D eigenvalue weighted by Gasteiger charge is -2.24. The lowest BCUT2D eigenvalue weighted by Crippen LogP contribution is -2.35. The molecule has 88 valence electrons. The largest absolute Gasteiger partial charge is 0.369 e. The highest BCUT2D eigenvalue weighted by Gasteiger charge is 2.28. The fourth-order valence-electron chi connectivity index (χ4n) is 2.48. The Morgan fingerprint density at radius 3 is 2.69 bits per heavy atom. The Bertz CT molecular complexity index is 312. The molecule has 0 radical (unpaired) electrons. The van der Waals surface area contributed by atoms with Gasteiger partial charge in [0.05, 0.1) is 12.2 Å². The first-order valence-corrected chi connectivity index (χ1v) is 6.19. The zero-order chi connectivity index (χ0) is 11.4. The Kier molecular flexibility index (Phi) is 3.97. The molecule has 0 bridgehead atoms. The van der Waals surface area contributed by atoms with Crippen LogP contribution in [0.5, 0.6) is 0 Å². The van der Waals surface area contributed by atoms with E-state index in [1.165, 1.54) is 24.8 Å². The molecule has 1 N–H and O–H groups in total. The van der Waals surface area contributed by atoms with Crippen LogP contribution in [0.25, 0.3) is 0 Å². The van der Waals surface area contributed by atoms with Gasteiger partial charge in [-0.25, -0.2) is 0 Å². The molecule has 0 spiro atoms.